The molecule has 0 spiro atoms. The molecule has 0 saturated heterocycles. The molecular weight excluding hydrogens is 386 g/mol. The Hall–Kier alpha value is -2.10. The lowest BCUT2D eigenvalue weighted by Crippen LogP contribution is -2.31. The Morgan fingerprint density at radius 3 is 2.45 bits per heavy atom. The van der Waals surface area contributed by atoms with Crippen LogP contribution >= 0.6 is 0 Å². The summed E-state index contributed by atoms with van der Waals surface area (Å²) >= 11 is 0. The van der Waals surface area contributed by atoms with Gasteiger partial charge in [0.25, 0.3) is 0 Å². The van der Waals surface area contributed by atoms with Gasteiger partial charge in [0, 0.05) is 11.1 Å². The number of fused-ring (bicyclic) bond motifs is 3. The first-order chi connectivity index (χ1) is 15.1. The molecule has 3 aliphatic rings. The zero-order valence-electron chi connectivity index (χ0n) is 18.6. The van der Waals surface area contributed by atoms with Crippen LogP contribution in [-0.2, 0) is 11.2 Å². The highest BCUT2D eigenvalue weighted by Crippen LogP contribution is 2.50. The molecule has 2 unspecified atom stereocenters. The largest absolute Gasteiger partial charge is 0.490 e. The number of benzene rings is 1. The van der Waals surface area contributed by atoms with Crippen LogP contribution in [0, 0.1) is 29.6 Å². The zero-order valence-corrected chi connectivity index (χ0v) is 18.6. The van der Waals surface area contributed by atoms with Crippen LogP contribution in [0.2, 0.25) is 0 Å². The maximum atomic E-state index is 11.4. The number of carbonyl (C=O) groups is 1. The van der Waals surface area contributed by atoms with E-state index < -0.39 is 5.97 Å². The lowest BCUT2D eigenvalue weighted by molar-refractivity contribution is -0.144. The Balaban J connectivity index is 1.24. The van der Waals surface area contributed by atoms with Crippen LogP contribution in [0.25, 0.3) is 10.9 Å². The van der Waals surface area contributed by atoms with E-state index in [0.29, 0.717) is 23.9 Å². The van der Waals surface area contributed by atoms with Gasteiger partial charge in [-0.15, -0.1) is 0 Å². The molecule has 1 aromatic heterocycles. The van der Waals surface area contributed by atoms with Gasteiger partial charge in [-0.25, -0.2) is 0 Å². The number of carboxylic acid groups (broad SMARTS) is 1. The van der Waals surface area contributed by atoms with Crippen molar-refractivity contribution in [3.8, 4) is 5.75 Å². The van der Waals surface area contributed by atoms with Gasteiger partial charge in [-0.2, -0.15) is 0 Å². The lowest BCUT2D eigenvalue weighted by atomic mass is 9.71. The topological polar surface area (TPSA) is 59.4 Å². The molecule has 3 aliphatic carbocycles. The van der Waals surface area contributed by atoms with Crippen molar-refractivity contribution in [2.45, 2.75) is 77.2 Å². The Morgan fingerprint density at radius 2 is 1.77 bits per heavy atom. The molecule has 5 rings (SSSR count). The lowest BCUT2D eigenvalue weighted by Gasteiger charge is -2.33. The van der Waals surface area contributed by atoms with E-state index in [1.807, 2.05) is 0 Å². The van der Waals surface area contributed by atoms with Crippen molar-refractivity contribution in [2.24, 2.45) is 29.6 Å². The van der Waals surface area contributed by atoms with Crippen molar-refractivity contribution in [2.75, 3.05) is 0 Å². The van der Waals surface area contributed by atoms with Gasteiger partial charge in [0.2, 0.25) is 0 Å². The standard InChI is InChI=1S/C27H35NO3/c1-2-17-3-9-23(10-4-17)31-24-11-12-26-20(15-24)7-8-22(28-26)16-25-18-5-6-19(25)14-21(13-18)27(29)30/h7-8,11-12,15,17-19,21,23,25H,2-6,9-10,13-14,16H2,1H3,(H,29,30). The smallest absolute Gasteiger partial charge is 0.306 e. The first kappa shape index (κ1) is 20.8. The second-order valence-electron chi connectivity index (χ2n) is 10.3. The molecule has 3 saturated carbocycles. The van der Waals surface area contributed by atoms with Gasteiger partial charge in [0.1, 0.15) is 5.75 Å². The molecule has 4 heteroatoms. The van der Waals surface area contributed by atoms with Crippen LogP contribution in [0.5, 0.6) is 5.75 Å². The van der Waals surface area contributed by atoms with Crippen molar-refractivity contribution < 1.29 is 14.6 Å². The van der Waals surface area contributed by atoms with Gasteiger partial charge in [0.05, 0.1) is 17.5 Å². The highest BCUT2D eigenvalue weighted by atomic mass is 16.5. The minimum Gasteiger partial charge on any atom is -0.490 e. The van der Waals surface area contributed by atoms with Crippen LogP contribution in [0.4, 0.5) is 0 Å². The summed E-state index contributed by atoms with van der Waals surface area (Å²) in [5.41, 5.74) is 2.18. The summed E-state index contributed by atoms with van der Waals surface area (Å²) in [7, 11) is 0. The number of carboxylic acids is 1. The quantitative estimate of drug-likeness (QED) is 0.598. The molecule has 3 fully saturated rings. The van der Waals surface area contributed by atoms with Gasteiger partial charge < -0.3 is 9.84 Å². The van der Waals surface area contributed by atoms with Crippen LogP contribution < -0.4 is 4.74 Å². The molecule has 0 aliphatic heterocycles. The van der Waals surface area contributed by atoms with Gasteiger partial charge >= 0.3 is 5.97 Å². The highest BCUT2D eigenvalue weighted by molar-refractivity contribution is 5.80. The summed E-state index contributed by atoms with van der Waals surface area (Å²) in [6, 6.07) is 10.7. The third-order valence-corrected chi connectivity index (χ3v) is 8.48. The second kappa shape index (κ2) is 8.80. The fourth-order valence-corrected chi connectivity index (χ4v) is 6.61. The summed E-state index contributed by atoms with van der Waals surface area (Å²) in [6.07, 6.45) is 11.6. The minimum absolute atomic E-state index is 0.131. The first-order valence-corrected chi connectivity index (χ1v) is 12.4. The number of rotatable bonds is 6. The molecule has 166 valence electrons. The summed E-state index contributed by atoms with van der Waals surface area (Å²) in [6.45, 7) is 2.29. The van der Waals surface area contributed by atoms with Gasteiger partial charge in [-0.1, -0.05) is 19.4 Å². The Bertz CT molecular complexity index is 919. The van der Waals surface area contributed by atoms with E-state index in [2.05, 4.69) is 37.3 Å². The Labute approximate surface area is 185 Å². The average Bonchev–Trinajstić information content (AvgIpc) is 3.00. The molecule has 1 N–H and O–H groups in total. The summed E-state index contributed by atoms with van der Waals surface area (Å²) in [5.74, 6) is 2.82. The van der Waals surface area contributed by atoms with E-state index in [0.717, 1.165) is 47.5 Å². The van der Waals surface area contributed by atoms with E-state index >= 15 is 0 Å². The number of pyridine rings is 1. The van der Waals surface area contributed by atoms with Crippen LogP contribution in [-0.4, -0.2) is 22.2 Å². The second-order valence-corrected chi connectivity index (χ2v) is 10.3. The van der Waals surface area contributed by atoms with E-state index in [1.54, 1.807) is 0 Å². The number of ether oxygens (including phenoxy) is 1. The minimum atomic E-state index is -0.601. The van der Waals surface area contributed by atoms with Crippen LogP contribution in [0.1, 0.15) is 70.4 Å². The first-order valence-electron chi connectivity index (χ1n) is 12.4. The van der Waals surface area contributed by atoms with Crippen molar-refractivity contribution in [3.05, 3.63) is 36.0 Å². The average molecular weight is 422 g/mol. The third-order valence-electron chi connectivity index (χ3n) is 8.48. The SMILES string of the molecule is CCC1CCC(Oc2ccc3nc(CC4C5CCC4CC(C(=O)O)C5)ccc3c2)CC1. The van der Waals surface area contributed by atoms with E-state index in [4.69, 9.17) is 9.72 Å². The summed E-state index contributed by atoms with van der Waals surface area (Å²) in [5, 5.41) is 10.6. The normalized spacial score (nSPS) is 32.8. The molecule has 0 radical (unpaired) electrons. The highest BCUT2D eigenvalue weighted by Gasteiger charge is 2.44. The summed E-state index contributed by atoms with van der Waals surface area (Å²) < 4.78 is 6.30. The number of hydrogen-bond donors (Lipinski definition) is 1. The fourth-order valence-electron chi connectivity index (χ4n) is 6.61. The molecule has 2 aromatic rings. The van der Waals surface area contributed by atoms with Crippen molar-refractivity contribution in [1.29, 1.82) is 0 Å². The van der Waals surface area contributed by atoms with Gasteiger partial charge in [0.15, 0.2) is 0 Å². The van der Waals surface area contributed by atoms with Crippen molar-refractivity contribution >= 4 is 16.9 Å². The maximum Gasteiger partial charge on any atom is 0.306 e. The van der Waals surface area contributed by atoms with Crippen LogP contribution in [0.3, 0.4) is 0 Å². The van der Waals surface area contributed by atoms with E-state index in [1.165, 1.54) is 44.9 Å². The zero-order chi connectivity index (χ0) is 21.4. The predicted octanol–water partition coefficient (Wildman–Crippen LogP) is 6.26. The third kappa shape index (κ3) is 4.44. The van der Waals surface area contributed by atoms with Gasteiger partial charge in [-0.3, -0.25) is 9.78 Å². The number of aromatic nitrogens is 1. The Kier molecular flexibility index (Phi) is 5.90. The predicted molar refractivity (Wildman–Crippen MR) is 122 cm³/mol. The molecule has 4 nitrogen and oxygen atoms in total. The van der Waals surface area contributed by atoms with E-state index in [9.17, 15) is 9.90 Å². The fraction of sp³-hybridized carbons (Fsp3) is 0.630. The molecule has 1 heterocycles. The number of aliphatic carboxylic acids is 1. The maximum absolute atomic E-state index is 11.4. The molecule has 0 amide bonds. The van der Waals surface area contributed by atoms with E-state index in [-0.39, 0.29) is 5.92 Å². The number of hydrogen-bond acceptors (Lipinski definition) is 3. The van der Waals surface area contributed by atoms with Gasteiger partial charge in [-0.05, 0) is 106 Å². The van der Waals surface area contributed by atoms with Crippen molar-refractivity contribution in [1.82, 2.24) is 4.98 Å². The number of nitrogens with zero attached hydrogens (tertiary/aromatic N) is 1. The van der Waals surface area contributed by atoms with Crippen molar-refractivity contribution in [3.63, 3.8) is 0 Å². The van der Waals surface area contributed by atoms with Crippen LogP contribution in [0.15, 0.2) is 30.3 Å². The molecular formula is C27H35NO3. The molecule has 2 atom stereocenters. The summed E-state index contributed by atoms with van der Waals surface area (Å²) in [4.78, 5) is 16.4. The molecule has 2 bridgehead atoms. The Morgan fingerprint density at radius 1 is 1.03 bits per heavy atom. The molecule has 1 aromatic carbocycles. The monoisotopic (exact) mass is 421 g/mol. The molecule has 31 heavy (non-hydrogen) atoms.